The lowest BCUT2D eigenvalue weighted by Crippen LogP contribution is -2.52. The molecule has 7 heteroatoms. The molecule has 140 valence electrons. The fourth-order valence-corrected chi connectivity index (χ4v) is 5.25. The first kappa shape index (κ1) is 19.1. The van der Waals surface area contributed by atoms with Gasteiger partial charge >= 0.3 is 0 Å². The molecule has 1 aromatic carbocycles. The average Bonchev–Trinajstić information content (AvgIpc) is 3.20. The third kappa shape index (κ3) is 3.84. The molecule has 0 spiro atoms. The Morgan fingerprint density at radius 3 is 2.46 bits per heavy atom. The number of piperidine rings is 1. The van der Waals surface area contributed by atoms with E-state index in [4.69, 9.17) is 0 Å². The Morgan fingerprint density at radius 2 is 1.88 bits per heavy atom. The summed E-state index contributed by atoms with van der Waals surface area (Å²) in [6.07, 6.45) is 0.984. The Bertz CT molecular complexity index is 825. The van der Waals surface area contributed by atoms with E-state index in [-0.39, 0.29) is 11.7 Å². The summed E-state index contributed by atoms with van der Waals surface area (Å²) >= 11 is 1.60. The van der Waals surface area contributed by atoms with Crippen molar-refractivity contribution in [2.75, 3.05) is 18.8 Å². The highest BCUT2D eigenvalue weighted by Crippen LogP contribution is 2.36. The summed E-state index contributed by atoms with van der Waals surface area (Å²) in [4.78, 5) is 13.2. The monoisotopic (exact) mass is 392 g/mol. The Kier molecular flexibility index (Phi) is 5.79. The van der Waals surface area contributed by atoms with E-state index >= 15 is 0 Å². The molecule has 0 saturated carbocycles. The summed E-state index contributed by atoms with van der Waals surface area (Å²) in [5, 5.41) is 7.07. The molecule has 1 fully saturated rings. The summed E-state index contributed by atoms with van der Waals surface area (Å²) in [6.45, 7) is 2.89. The number of nitrogens with one attached hydrogen (secondary N) is 1. The van der Waals surface area contributed by atoms with E-state index in [2.05, 4.69) is 5.32 Å². The number of hydrogen-bond donors (Lipinski definition) is 1. The quantitative estimate of drug-likeness (QED) is 0.822. The van der Waals surface area contributed by atoms with Gasteiger partial charge < -0.3 is 5.32 Å². The number of thiophene rings is 1. The first-order chi connectivity index (χ1) is 12.5. The number of hydrogen-bond acceptors (Lipinski definition) is 4. The second-order valence-electron chi connectivity index (χ2n) is 6.56. The van der Waals surface area contributed by atoms with E-state index in [9.17, 15) is 13.2 Å². The van der Waals surface area contributed by atoms with E-state index in [0.29, 0.717) is 32.5 Å². The summed E-state index contributed by atoms with van der Waals surface area (Å²) in [5.74, 6) is 0.0684. The SMILES string of the molecule is CCS(=O)(=O)N1CCC(C(=O)NCc2ccsc2)(c2ccccc2)CC1. The molecule has 1 N–H and O–H groups in total. The number of amides is 1. The first-order valence-corrected chi connectivity index (χ1v) is 11.4. The fourth-order valence-electron chi connectivity index (χ4n) is 3.48. The van der Waals surface area contributed by atoms with Crippen molar-refractivity contribution in [2.24, 2.45) is 0 Å². The molecule has 5 nitrogen and oxygen atoms in total. The van der Waals surface area contributed by atoms with Crippen LogP contribution in [0.2, 0.25) is 0 Å². The Balaban J connectivity index is 1.81. The van der Waals surface area contributed by atoms with Gasteiger partial charge in [-0.15, -0.1) is 0 Å². The molecule has 26 heavy (non-hydrogen) atoms. The van der Waals surface area contributed by atoms with Crippen LogP contribution in [0.25, 0.3) is 0 Å². The van der Waals surface area contributed by atoms with Crippen LogP contribution < -0.4 is 5.32 Å². The summed E-state index contributed by atoms with van der Waals surface area (Å²) in [7, 11) is -3.22. The lowest BCUT2D eigenvalue weighted by Gasteiger charge is -2.40. The molecule has 1 saturated heterocycles. The molecule has 1 aromatic heterocycles. The minimum absolute atomic E-state index is 0.0246. The van der Waals surface area contributed by atoms with Crippen molar-refractivity contribution in [2.45, 2.75) is 31.7 Å². The number of carbonyl (C=O) groups excluding carboxylic acids is 1. The number of benzene rings is 1. The summed E-state index contributed by atoms with van der Waals surface area (Å²) in [5.41, 5.74) is 1.35. The van der Waals surface area contributed by atoms with Crippen LogP contribution in [-0.4, -0.2) is 37.5 Å². The van der Waals surface area contributed by atoms with Gasteiger partial charge in [0.05, 0.1) is 11.2 Å². The van der Waals surface area contributed by atoms with Gasteiger partial charge in [0, 0.05) is 19.6 Å². The van der Waals surface area contributed by atoms with E-state index in [1.54, 1.807) is 18.3 Å². The highest BCUT2D eigenvalue weighted by Gasteiger charge is 2.44. The van der Waals surface area contributed by atoms with E-state index < -0.39 is 15.4 Å². The van der Waals surface area contributed by atoms with Crippen molar-refractivity contribution in [3.05, 3.63) is 58.3 Å². The van der Waals surface area contributed by atoms with Crippen LogP contribution in [0.3, 0.4) is 0 Å². The van der Waals surface area contributed by atoms with Gasteiger partial charge in [-0.1, -0.05) is 30.3 Å². The van der Waals surface area contributed by atoms with Crippen LogP contribution in [-0.2, 0) is 26.8 Å². The van der Waals surface area contributed by atoms with E-state index in [1.807, 2.05) is 47.2 Å². The molecule has 3 rings (SSSR count). The second kappa shape index (κ2) is 7.90. The molecule has 0 unspecified atom stereocenters. The number of sulfonamides is 1. The van der Waals surface area contributed by atoms with Crippen molar-refractivity contribution >= 4 is 27.3 Å². The number of rotatable bonds is 6. The first-order valence-electron chi connectivity index (χ1n) is 8.81. The lowest BCUT2D eigenvalue weighted by molar-refractivity contribution is -0.128. The van der Waals surface area contributed by atoms with Gasteiger partial charge in [-0.25, -0.2) is 12.7 Å². The highest BCUT2D eigenvalue weighted by atomic mass is 32.2. The zero-order valence-corrected chi connectivity index (χ0v) is 16.5. The minimum Gasteiger partial charge on any atom is -0.351 e. The van der Waals surface area contributed by atoms with Crippen LogP contribution >= 0.6 is 11.3 Å². The highest BCUT2D eigenvalue weighted by molar-refractivity contribution is 7.89. The molecule has 1 aliphatic rings. The molecule has 2 heterocycles. The Morgan fingerprint density at radius 1 is 1.19 bits per heavy atom. The standard InChI is InChI=1S/C19H24N2O3S2/c1-2-26(23,24)21-11-9-19(10-12-21,17-6-4-3-5-7-17)18(22)20-14-16-8-13-25-15-16/h3-8,13,15H,2,9-12,14H2,1H3,(H,20,22). The van der Waals surface area contributed by atoms with Crippen molar-refractivity contribution in [3.8, 4) is 0 Å². The smallest absolute Gasteiger partial charge is 0.231 e. The van der Waals surface area contributed by atoms with Crippen molar-refractivity contribution in [3.63, 3.8) is 0 Å². The maximum Gasteiger partial charge on any atom is 0.231 e. The summed E-state index contributed by atoms with van der Waals surface area (Å²) < 4.78 is 25.9. The van der Waals surface area contributed by atoms with Crippen LogP contribution in [0.15, 0.2) is 47.2 Å². The zero-order chi connectivity index (χ0) is 18.6. The summed E-state index contributed by atoms with van der Waals surface area (Å²) in [6, 6.07) is 11.7. The van der Waals surface area contributed by atoms with Crippen LogP contribution in [0.4, 0.5) is 0 Å². The molecule has 0 aliphatic carbocycles. The third-order valence-electron chi connectivity index (χ3n) is 5.13. The van der Waals surface area contributed by atoms with Gasteiger partial charge in [0.2, 0.25) is 15.9 Å². The maximum atomic E-state index is 13.2. The Labute approximate surface area is 159 Å². The predicted octanol–water partition coefficient (Wildman–Crippen LogP) is 2.75. The zero-order valence-electron chi connectivity index (χ0n) is 14.8. The van der Waals surface area contributed by atoms with Gasteiger partial charge in [0.15, 0.2) is 0 Å². The number of carbonyl (C=O) groups is 1. The van der Waals surface area contributed by atoms with E-state index in [1.165, 1.54) is 4.31 Å². The molecule has 2 aromatic rings. The molecule has 0 bridgehead atoms. The third-order valence-corrected chi connectivity index (χ3v) is 7.74. The van der Waals surface area contributed by atoms with Crippen molar-refractivity contribution in [1.82, 2.24) is 9.62 Å². The van der Waals surface area contributed by atoms with Crippen LogP contribution in [0.5, 0.6) is 0 Å². The number of nitrogens with zero attached hydrogens (tertiary/aromatic N) is 1. The average molecular weight is 393 g/mol. The fraction of sp³-hybridized carbons (Fsp3) is 0.421. The van der Waals surface area contributed by atoms with Crippen molar-refractivity contribution in [1.29, 1.82) is 0 Å². The molecule has 0 atom stereocenters. The minimum atomic E-state index is -3.22. The maximum absolute atomic E-state index is 13.2. The van der Waals surface area contributed by atoms with Crippen LogP contribution in [0, 0.1) is 0 Å². The molecule has 1 aliphatic heterocycles. The van der Waals surface area contributed by atoms with Gasteiger partial charge in [0.1, 0.15) is 0 Å². The van der Waals surface area contributed by atoms with Gasteiger partial charge in [-0.05, 0) is 47.7 Å². The topological polar surface area (TPSA) is 66.5 Å². The van der Waals surface area contributed by atoms with Crippen LogP contribution in [0.1, 0.15) is 30.9 Å². The Hall–Kier alpha value is -1.70. The largest absolute Gasteiger partial charge is 0.351 e. The molecule has 1 amide bonds. The van der Waals surface area contributed by atoms with E-state index in [0.717, 1.165) is 11.1 Å². The van der Waals surface area contributed by atoms with Gasteiger partial charge in [-0.3, -0.25) is 4.79 Å². The van der Waals surface area contributed by atoms with Gasteiger partial charge in [0.25, 0.3) is 0 Å². The normalized spacial score (nSPS) is 17.7. The van der Waals surface area contributed by atoms with Crippen molar-refractivity contribution < 1.29 is 13.2 Å². The second-order valence-corrected chi connectivity index (χ2v) is 9.60. The molecule has 0 radical (unpaired) electrons. The molecular formula is C19H24N2O3S2. The molecular weight excluding hydrogens is 368 g/mol. The predicted molar refractivity (Wildman–Crippen MR) is 105 cm³/mol. The lowest BCUT2D eigenvalue weighted by atomic mass is 9.72. The van der Waals surface area contributed by atoms with Gasteiger partial charge in [-0.2, -0.15) is 11.3 Å².